The van der Waals surface area contributed by atoms with Gasteiger partial charge in [-0.05, 0) is 43.7 Å². The number of carbonyl (C=O) groups excluding carboxylic acids is 2. The molecule has 0 heterocycles. The van der Waals surface area contributed by atoms with E-state index < -0.39 is 17.3 Å². The predicted octanol–water partition coefficient (Wildman–Crippen LogP) is 3.26. The predicted molar refractivity (Wildman–Crippen MR) is 91.1 cm³/mol. The number of hydrogen-bond donors (Lipinski definition) is 2. The van der Waals surface area contributed by atoms with Gasteiger partial charge in [0.1, 0.15) is 0 Å². The smallest absolute Gasteiger partial charge is 0.314 e. The van der Waals surface area contributed by atoms with Crippen LogP contribution in [0.15, 0.2) is 54.6 Å². The number of nitrogens with one attached hydrogen (secondary N) is 1. The molecule has 1 atom stereocenters. The molecule has 124 valence electrons. The molecule has 1 amide bonds. The molecule has 24 heavy (non-hydrogen) atoms. The van der Waals surface area contributed by atoms with Gasteiger partial charge < -0.3 is 10.4 Å². The van der Waals surface area contributed by atoms with E-state index in [0.29, 0.717) is 16.8 Å². The number of ketones is 1. The van der Waals surface area contributed by atoms with Crippen molar-refractivity contribution in [1.82, 2.24) is 0 Å². The van der Waals surface area contributed by atoms with Gasteiger partial charge in [-0.25, -0.2) is 0 Å². The van der Waals surface area contributed by atoms with Gasteiger partial charge in [0.25, 0.3) is 0 Å². The normalized spacial score (nSPS) is 12.9. The van der Waals surface area contributed by atoms with Crippen molar-refractivity contribution in [3.63, 3.8) is 0 Å². The molecule has 5 heteroatoms. The molecule has 0 aliphatic heterocycles. The number of carboxylic acid groups (broad SMARTS) is 1. The Kier molecular flexibility index (Phi) is 5.14. The Morgan fingerprint density at radius 3 is 2.08 bits per heavy atom. The summed E-state index contributed by atoms with van der Waals surface area (Å²) in [6.07, 6.45) is -0.194. The maximum Gasteiger partial charge on any atom is 0.314 e. The molecule has 0 unspecified atom stereocenters. The molecule has 0 spiro atoms. The molecule has 2 rings (SSSR count). The average molecular weight is 325 g/mol. The van der Waals surface area contributed by atoms with Gasteiger partial charge in [0.2, 0.25) is 5.91 Å². The lowest BCUT2D eigenvalue weighted by Crippen LogP contribution is -2.36. The summed E-state index contributed by atoms with van der Waals surface area (Å²) in [7, 11) is 0. The number of aliphatic carboxylic acids is 1. The molecular formula is C19H19NO4. The molecule has 0 aliphatic carbocycles. The van der Waals surface area contributed by atoms with Gasteiger partial charge in [-0.1, -0.05) is 30.3 Å². The fourth-order valence-corrected chi connectivity index (χ4v) is 2.42. The quantitative estimate of drug-likeness (QED) is 0.799. The van der Waals surface area contributed by atoms with Gasteiger partial charge in [-0.2, -0.15) is 0 Å². The zero-order chi connectivity index (χ0) is 17.7. The van der Waals surface area contributed by atoms with E-state index in [9.17, 15) is 19.5 Å². The molecule has 0 fully saturated rings. The molecule has 2 aromatic rings. The van der Waals surface area contributed by atoms with E-state index in [1.54, 1.807) is 54.6 Å². The van der Waals surface area contributed by atoms with Crippen molar-refractivity contribution in [2.45, 2.75) is 25.7 Å². The van der Waals surface area contributed by atoms with E-state index in [0.717, 1.165) is 0 Å². The van der Waals surface area contributed by atoms with Crippen molar-refractivity contribution in [2.24, 2.45) is 0 Å². The number of carboxylic acids is 1. The summed E-state index contributed by atoms with van der Waals surface area (Å²) in [5.74, 6) is -1.52. The largest absolute Gasteiger partial charge is 0.481 e. The third kappa shape index (κ3) is 3.87. The fraction of sp³-hybridized carbons (Fsp3) is 0.211. The molecule has 0 saturated heterocycles. The first-order chi connectivity index (χ1) is 11.3. The SMILES string of the molecule is CC(=O)c1ccc(NC(=O)C[C@](C)(C(=O)O)c2ccccc2)cc1. The van der Waals surface area contributed by atoms with E-state index in [2.05, 4.69) is 5.32 Å². The van der Waals surface area contributed by atoms with E-state index in [1.807, 2.05) is 0 Å². The molecule has 0 saturated carbocycles. The molecule has 2 aromatic carbocycles. The maximum absolute atomic E-state index is 12.3. The van der Waals surface area contributed by atoms with Crippen molar-refractivity contribution in [1.29, 1.82) is 0 Å². The molecular weight excluding hydrogens is 306 g/mol. The first kappa shape index (κ1) is 17.4. The van der Waals surface area contributed by atoms with E-state index >= 15 is 0 Å². The van der Waals surface area contributed by atoms with Crippen LogP contribution in [0, 0.1) is 0 Å². The highest BCUT2D eigenvalue weighted by Crippen LogP contribution is 2.28. The van der Waals surface area contributed by atoms with E-state index in [-0.39, 0.29) is 12.2 Å². The average Bonchev–Trinajstić information content (AvgIpc) is 2.55. The molecule has 0 aliphatic rings. The van der Waals surface area contributed by atoms with Crippen LogP contribution in [-0.4, -0.2) is 22.8 Å². The molecule has 2 N–H and O–H groups in total. The van der Waals surface area contributed by atoms with Crippen LogP contribution >= 0.6 is 0 Å². The summed E-state index contributed by atoms with van der Waals surface area (Å²) in [6, 6.07) is 15.2. The van der Waals surface area contributed by atoms with Crippen LogP contribution in [0.5, 0.6) is 0 Å². The summed E-state index contributed by atoms with van der Waals surface area (Å²) >= 11 is 0. The van der Waals surface area contributed by atoms with Crippen molar-refractivity contribution < 1.29 is 19.5 Å². The number of anilines is 1. The lowest BCUT2D eigenvalue weighted by Gasteiger charge is -2.24. The first-order valence-corrected chi connectivity index (χ1v) is 7.53. The van der Waals surface area contributed by atoms with Crippen LogP contribution in [0.25, 0.3) is 0 Å². The summed E-state index contributed by atoms with van der Waals surface area (Å²) in [5.41, 5.74) is 0.322. The van der Waals surface area contributed by atoms with Crippen LogP contribution in [0.4, 0.5) is 5.69 Å². The summed E-state index contributed by atoms with van der Waals surface area (Å²) in [5, 5.41) is 12.3. The highest BCUT2D eigenvalue weighted by atomic mass is 16.4. The van der Waals surface area contributed by atoms with Gasteiger partial charge >= 0.3 is 5.97 Å². The Morgan fingerprint density at radius 1 is 1.00 bits per heavy atom. The molecule has 0 bridgehead atoms. The Hall–Kier alpha value is -2.95. The van der Waals surface area contributed by atoms with Crippen molar-refractivity contribution in [3.05, 3.63) is 65.7 Å². The topological polar surface area (TPSA) is 83.5 Å². The third-order valence-electron chi connectivity index (χ3n) is 3.97. The second kappa shape index (κ2) is 7.08. The Bertz CT molecular complexity index is 753. The van der Waals surface area contributed by atoms with Gasteiger partial charge in [0.15, 0.2) is 5.78 Å². The van der Waals surface area contributed by atoms with E-state index in [4.69, 9.17) is 0 Å². The first-order valence-electron chi connectivity index (χ1n) is 7.53. The number of rotatable bonds is 6. The van der Waals surface area contributed by atoms with E-state index in [1.165, 1.54) is 13.8 Å². The summed E-state index contributed by atoms with van der Waals surface area (Å²) in [6.45, 7) is 2.99. The summed E-state index contributed by atoms with van der Waals surface area (Å²) < 4.78 is 0. The van der Waals surface area contributed by atoms with Gasteiger partial charge in [0, 0.05) is 17.7 Å². The van der Waals surface area contributed by atoms with Crippen LogP contribution in [0.2, 0.25) is 0 Å². The molecule has 0 aromatic heterocycles. The van der Waals surface area contributed by atoms with Gasteiger partial charge in [-0.15, -0.1) is 0 Å². The second-order valence-corrected chi connectivity index (χ2v) is 5.86. The minimum atomic E-state index is -1.31. The van der Waals surface area contributed by atoms with Crippen LogP contribution < -0.4 is 5.32 Å². The van der Waals surface area contributed by atoms with Crippen molar-refractivity contribution in [2.75, 3.05) is 5.32 Å². The highest BCUT2D eigenvalue weighted by Gasteiger charge is 2.37. The lowest BCUT2D eigenvalue weighted by molar-refractivity contribution is -0.145. The Balaban J connectivity index is 2.14. The monoisotopic (exact) mass is 325 g/mol. The van der Waals surface area contributed by atoms with Crippen LogP contribution in [-0.2, 0) is 15.0 Å². The lowest BCUT2D eigenvalue weighted by atomic mass is 9.79. The van der Waals surface area contributed by atoms with Gasteiger partial charge in [-0.3, -0.25) is 14.4 Å². The number of Topliss-reactive ketones (excluding diaryl/α,β-unsaturated/α-hetero) is 1. The maximum atomic E-state index is 12.3. The number of carbonyl (C=O) groups is 3. The Morgan fingerprint density at radius 2 is 1.58 bits per heavy atom. The standard InChI is InChI=1S/C19H19NO4/c1-13(21)14-8-10-16(11-9-14)20-17(22)12-19(2,18(23)24)15-6-4-3-5-7-15/h3-11H,12H2,1-2H3,(H,20,22)(H,23,24)/t19-/m0/s1. The number of hydrogen-bond acceptors (Lipinski definition) is 3. The minimum absolute atomic E-state index is 0.0598. The number of benzene rings is 2. The highest BCUT2D eigenvalue weighted by molar-refractivity contribution is 5.97. The zero-order valence-corrected chi connectivity index (χ0v) is 13.6. The summed E-state index contributed by atoms with van der Waals surface area (Å²) in [4.78, 5) is 35.2. The van der Waals surface area contributed by atoms with Crippen LogP contribution in [0.3, 0.4) is 0 Å². The second-order valence-electron chi connectivity index (χ2n) is 5.86. The fourth-order valence-electron chi connectivity index (χ4n) is 2.42. The van der Waals surface area contributed by atoms with Crippen molar-refractivity contribution >= 4 is 23.3 Å². The van der Waals surface area contributed by atoms with Crippen molar-refractivity contribution in [3.8, 4) is 0 Å². The zero-order valence-electron chi connectivity index (χ0n) is 13.6. The Labute approximate surface area is 140 Å². The third-order valence-corrected chi connectivity index (χ3v) is 3.97. The minimum Gasteiger partial charge on any atom is -0.481 e. The van der Waals surface area contributed by atoms with Gasteiger partial charge in [0.05, 0.1) is 5.41 Å². The number of amides is 1. The van der Waals surface area contributed by atoms with Crippen LogP contribution in [0.1, 0.15) is 36.2 Å². The molecule has 5 nitrogen and oxygen atoms in total. The molecule has 0 radical (unpaired) electrons.